The number of carbonyl (C=O) groups excluding carboxylic acids is 1. The van der Waals surface area contributed by atoms with Gasteiger partial charge in [-0.25, -0.2) is 0 Å². The van der Waals surface area contributed by atoms with Crippen molar-refractivity contribution in [2.45, 2.75) is 32.6 Å². The fourth-order valence-corrected chi connectivity index (χ4v) is 2.41. The van der Waals surface area contributed by atoms with Crippen LogP contribution in [0.1, 0.15) is 32.8 Å². The molecular formula is C13H16N2O3. The first-order valence-electron chi connectivity index (χ1n) is 5.96. The molecule has 0 saturated carbocycles. The zero-order valence-corrected chi connectivity index (χ0v) is 10.8. The second kappa shape index (κ2) is 4.08. The number of nitro benzene ring substituents is 1. The summed E-state index contributed by atoms with van der Waals surface area (Å²) in [5.74, 6) is 0.00215. The Morgan fingerprint density at radius 2 is 2.17 bits per heavy atom. The van der Waals surface area contributed by atoms with E-state index in [9.17, 15) is 14.9 Å². The van der Waals surface area contributed by atoms with Crippen LogP contribution in [0, 0.1) is 10.1 Å². The van der Waals surface area contributed by atoms with Crippen molar-refractivity contribution in [3.8, 4) is 0 Å². The smallest absolute Gasteiger partial charge is 0.271 e. The van der Waals surface area contributed by atoms with Gasteiger partial charge in [0.25, 0.3) is 5.69 Å². The number of fused-ring (bicyclic) bond motifs is 1. The van der Waals surface area contributed by atoms with E-state index in [2.05, 4.69) is 0 Å². The Balaban J connectivity index is 2.54. The standard InChI is InChI=1S/C13H16N2O3/c1-4-12(16)14-8-13(2,3)10-6-5-9(15(17)18)7-11(10)14/h5-7H,4,8H2,1-3H3. The molecule has 0 fully saturated rings. The minimum Gasteiger partial charge on any atom is -0.311 e. The fraction of sp³-hybridized carbons (Fsp3) is 0.462. The summed E-state index contributed by atoms with van der Waals surface area (Å²) in [6, 6.07) is 4.76. The van der Waals surface area contributed by atoms with Gasteiger partial charge in [-0.1, -0.05) is 20.8 Å². The molecule has 5 heteroatoms. The Kier molecular flexibility index (Phi) is 2.84. The summed E-state index contributed by atoms with van der Waals surface area (Å²) in [7, 11) is 0. The molecule has 1 aromatic rings. The quantitative estimate of drug-likeness (QED) is 0.597. The van der Waals surface area contributed by atoms with Gasteiger partial charge in [-0.05, 0) is 11.6 Å². The van der Waals surface area contributed by atoms with E-state index in [1.165, 1.54) is 12.1 Å². The highest BCUT2D eigenvalue weighted by molar-refractivity contribution is 5.96. The number of anilines is 1. The van der Waals surface area contributed by atoms with Crippen molar-refractivity contribution in [2.24, 2.45) is 0 Å². The van der Waals surface area contributed by atoms with Gasteiger partial charge in [0.15, 0.2) is 0 Å². The molecule has 0 saturated heterocycles. The van der Waals surface area contributed by atoms with Crippen LogP contribution in [0.25, 0.3) is 0 Å². The summed E-state index contributed by atoms with van der Waals surface area (Å²) in [6.07, 6.45) is 0.401. The maximum Gasteiger partial charge on any atom is 0.271 e. The second-order valence-electron chi connectivity index (χ2n) is 5.18. The monoisotopic (exact) mass is 248 g/mol. The lowest BCUT2D eigenvalue weighted by atomic mass is 9.87. The third kappa shape index (κ3) is 1.85. The Hall–Kier alpha value is -1.91. The second-order valence-corrected chi connectivity index (χ2v) is 5.18. The first-order chi connectivity index (χ1) is 8.36. The Bertz CT molecular complexity index is 523. The predicted molar refractivity (Wildman–Crippen MR) is 68.8 cm³/mol. The number of carbonyl (C=O) groups is 1. The van der Waals surface area contributed by atoms with Gasteiger partial charge in [-0.15, -0.1) is 0 Å². The van der Waals surface area contributed by atoms with Crippen molar-refractivity contribution < 1.29 is 9.72 Å². The van der Waals surface area contributed by atoms with E-state index in [0.717, 1.165) is 5.56 Å². The highest BCUT2D eigenvalue weighted by Crippen LogP contribution is 2.42. The predicted octanol–water partition coefficient (Wildman–Crippen LogP) is 2.63. The molecule has 2 rings (SSSR count). The molecular weight excluding hydrogens is 232 g/mol. The van der Waals surface area contributed by atoms with Crippen molar-refractivity contribution in [2.75, 3.05) is 11.4 Å². The zero-order chi connectivity index (χ0) is 13.5. The van der Waals surface area contributed by atoms with Gasteiger partial charge in [0.2, 0.25) is 5.91 Å². The summed E-state index contributed by atoms with van der Waals surface area (Å²) in [5.41, 5.74) is 1.55. The molecule has 96 valence electrons. The summed E-state index contributed by atoms with van der Waals surface area (Å²) in [4.78, 5) is 23.9. The van der Waals surface area contributed by atoms with Crippen LogP contribution in [-0.2, 0) is 10.2 Å². The summed E-state index contributed by atoms with van der Waals surface area (Å²) >= 11 is 0. The molecule has 0 bridgehead atoms. The van der Waals surface area contributed by atoms with Crippen molar-refractivity contribution in [3.63, 3.8) is 0 Å². The van der Waals surface area contributed by atoms with Crippen LogP contribution in [0.5, 0.6) is 0 Å². The highest BCUT2D eigenvalue weighted by atomic mass is 16.6. The van der Waals surface area contributed by atoms with E-state index in [1.54, 1.807) is 17.9 Å². The Morgan fingerprint density at radius 3 is 2.72 bits per heavy atom. The van der Waals surface area contributed by atoms with Crippen LogP contribution in [0.2, 0.25) is 0 Å². The summed E-state index contributed by atoms with van der Waals surface area (Å²) in [5, 5.41) is 10.8. The fourth-order valence-electron chi connectivity index (χ4n) is 2.41. The largest absolute Gasteiger partial charge is 0.311 e. The van der Waals surface area contributed by atoms with Gasteiger partial charge in [0.05, 0.1) is 10.6 Å². The van der Waals surface area contributed by atoms with E-state index in [-0.39, 0.29) is 17.0 Å². The number of hydrogen-bond donors (Lipinski definition) is 0. The Labute approximate surface area is 106 Å². The molecule has 1 aliphatic rings. The van der Waals surface area contributed by atoms with Crippen LogP contribution in [-0.4, -0.2) is 17.4 Å². The average Bonchev–Trinajstić information content (AvgIpc) is 2.60. The van der Waals surface area contributed by atoms with E-state index in [1.807, 2.05) is 13.8 Å². The third-order valence-electron chi connectivity index (χ3n) is 3.37. The van der Waals surface area contributed by atoms with Crippen LogP contribution < -0.4 is 4.90 Å². The molecule has 0 aromatic heterocycles. The topological polar surface area (TPSA) is 63.5 Å². The van der Waals surface area contributed by atoms with Gasteiger partial charge in [0, 0.05) is 30.5 Å². The molecule has 0 unspecified atom stereocenters. The first-order valence-corrected chi connectivity index (χ1v) is 5.96. The van der Waals surface area contributed by atoms with Crippen molar-refractivity contribution >= 4 is 17.3 Å². The SMILES string of the molecule is CCC(=O)N1CC(C)(C)c2ccc([N+](=O)[O-])cc21. The van der Waals surface area contributed by atoms with Crippen molar-refractivity contribution in [1.82, 2.24) is 0 Å². The van der Waals surface area contributed by atoms with Gasteiger partial charge in [-0.3, -0.25) is 14.9 Å². The number of hydrogen-bond acceptors (Lipinski definition) is 3. The maximum atomic E-state index is 11.9. The Morgan fingerprint density at radius 1 is 1.50 bits per heavy atom. The van der Waals surface area contributed by atoms with Crippen LogP contribution >= 0.6 is 0 Å². The number of benzene rings is 1. The molecule has 1 aliphatic heterocycles. The molecule has 0 spiro atoms. The minimum atomic E-state index is -0.430. The summed E-state index contributed by atoms with van der Waals surface area (Å²) in [6.45, 7) is 6.46. The van der Waals surface area contributed by atoms with E-state index in [0.29, 0.717) is 18.7 Å². The molecule has 1 heterocycles. The molecule has 5 nitrogen and oxygen atoms in total. The lowest BCUT2D eigenvalue weighted by Crippen LogP contribution is -2.33. The molecule has 0 atom stereocenters. The number of non-ortho nitro benzene ring substituents is 1. The first kappa shape index (κ1) is 12.5. The average molecular weight is 248 g/mol. The molecule has 1 amide bonds. The maximum absolute atomic E-state index is 11.9. The van der Waals surface area contributed by atoms with Crippen LogP contribution in [0.4, 0.5) is 11.4 Å². The van der Waals surface area contributed by atoms with E-state index < -0.39 is 4.92 Å². The molecule has 0 aliphatic carbocycles. The molecule has 1 aromatic carbocycles. The number of nitrogens with zero attached hydrogens (tertiary/aromatic N) is 2. The third-order valence-corrected chi connectivity index (χ3v) is 3.37. The number of nitro groups is 1. The van der Waals surface area contributed by atoms with Gasteiger partial charge >= 0.3 is 0 Å². The van der Waals surface area contributed by atoms with E-state index in [4.69, 9.17) is 0 Å². The van der Waals surface area contributed by atoms with Crippen LogP contribution in [0.3, 0.4) is 0 Å². The van der Waals surface area contributed by atoms with Crippen molar-refractivity contribution in [1.29, 1.82) is 0 Å². The van der Waals surface area contributed by atoms with E-state index >= 15 is 0 Å². The summed E-state index contributed by atoms with van der Waals surface area (Å²) < 4.78 is 0. The van der Waals surface area contributed by atoms with Gasteiger partial charge in [0.1, 0.15) is 0 Å². The van der Waals surface area contributed by atoms with Crippen molar-refractivity contribution in [3.05, 3.63) is 33.9 Å². The normalized spacial score (nSPS) is 16.5. The molecule has 0 radical (unpaired) electrons. The molecule has 0 N–H and O–H groups in total. The zero-order valence-electron chi connectivity index (χ0n) is 10.8. The lowest BCUT2D eigenvalue weighted by molar-refractivity contribution is -0.384. The number of amides is 1. The minimum absolute atomic E-state index is 0.00215. The highest BCUT2D eigenvalue weighted by Gasteiger charge is 2.38. The molecule has 18 heavy (non-hydrogen) atoms. The van der Waals surface area contributed by atoms with Gasteiger partial charge in [-0.2, -0.15) is 0 Å². The lowest BCUT2D eigenvalue weighted by Gasteiger charge is -2.20. The van der Waals surface area contributed by atoms with Gasteiger partial charge < -0.3 is 4.90 Å². The van der Waals surface area contributed by atoms with Crippen LogP contribution in [0.15, 0.2) is 18.2 Å². The number of rotatable bonds is 2.